The first-order valence-corrected chi connectivity index (χ1v) is 9.27. The molecule has 0 unspecified atom stereocenters. The van der Waals surface area contributed by atoms with E-state index in [0.717, 1.165) is 12.3 Å². The second-order valence-corrected chi connectivity index (χ2v) is 5.96. The quantitative estimate of drug-likeness (QED) is 0.456. The predicted octanol–water partition coefficient (Wildman–Crippen LogP) is 4.61. The van der Waals surface area contributed by atoms with Crippen molar-refractivity contribution in [1.29, 1.82) is 0 Å². The van der Waals surface area contributed by atoms with E-state index in [0.29, 0.717) is 11.1 Å². The van der Waals surface area contributed by atoms with Gasteiger partial charge in [-0.3, -0.25) is 4.98 Å². The lowest BCUT2D eigenvalue weighted by atomic mass is 10.2. The highest BCUT2D eigenvalue weighted by atomic mass is 19.4. The van der Waals surface area contributed by atoms with Gasteiger partial charge in [0.1, 0.15) is 16.9 Å². The second kappa shape index (κ2) is 9.04. The van der Waals surface area contributed by atoms with Crippen LogP contribution in [-0.4, -0.2) is 29.7 Å². The molecule has 0 spiro atoms. The summed E-state index contributed by atoms with van der Waals surface area (Å²) in [5.41, 5.74) is -0.352. The summed E-state index contributed by atoms with van der Waals surface area (Å²) in [7, 11) is 0. The maximum atomic E-state index is 14.0. The van der Waals surface area contributed by atoms with Crippen molar-refractivity contribution < 1.29 is 22.7 Å². The van der Waals surface area contributed by atoms with Gasteiger partial charge in [0.15, 0.2) is 11.6 Å². The van der Waals surface area contributed by atoms with Gasteiger partial charge < -0.3 is 10.4 Å². The first-order valence-electron chi connectivity index (χ1n) is 9.27. The Morgan fingerprint density at radius 3 is 2.55 bits per heavy atom. The van der Waals surface area contributed by atoms with Crippen LogP contribution in [0.2, 0.25) is 0 Å². The predicted molar refractivity (Wildman–Crippen MR) is 106 cm³/mol. The highest BCUT2D eigenvalue weighted by molar-refractivity contribution is 5.78. The lowest BCUT2D eigenvalue weighted by Crippen LogP contribution is -2.10. The molecular formula is C20H18F4N6O. The van der Waals surface area contributed by atoms with Gasteiger partial charge >= 0.3 is 6.18 Å². The van der Waals surface area contributed by atoms with Crippen molar-refractivity contribution >= 4 is 17.0 Å². The van der Waals surface area contributed by atoms with E-state index in [1.54, 1.807) is 6.07 Å². The minimum atomic E-state index is -4.63. The van der Waals surface area contributed by atoms with E-state index in [1.165, 1.54) is 35.1 Å². The van der Waals surface area contributed by atoms with E-state index in [2.05, 4.69) is 25.4 Å². The molecule has 0 saturated heterocycles. The smallest absolute Gasteiger partial charge is 0.392 e. The van der Waals surface area contributed by atoms with Crippen LogP contribution < -0.4 is 5.32 Å². The maximum Gasteiger partial charge on any atom is 0.433 e. The van der Waals surface area contributed by atoms with Crippen molar-refractivity contribution in [3.05, 3.63) is 66.0 Å². The molecule has 31 heavy (non-hydrogen) atoms. The van der Waals surface area contributed by atoms with Crippen molar-refractivity contribution in [2.75, 3.05) is 5.32 Å². The van der Waals surface area contributed by atoms with Gasteiger partial charge in [-0.25, -0.2) is 18.9 Å². The van der Waals surface area contributed by atoms with Crippen LogP contribution in [0.3, 0.4) is 0 Å². The van der Waals surface area contributed by atoms with Crippen LogP contribution in [0, 0.1) is 5.82 Å². The topological polar surface area (TPSA) is 88.2 Å². The summed E-state index contributed by atoms with van der Waals surface area (Å²) in [6, 6.07) is 6.32. The van der Waals surface area contributed by atoms with Crippen molar-refractivity contribution in [3.8, 4) is 11.5 Å². The van der Waals surface area contributed by atoms with Gasteiger partial charge in [-0.1, -0.05) is 19.9 Å². The molecule has 0 saturated carbocycles. The summed E-state index contributed by atoms with van der Waals surface area (Å²) in [5, 5.41) is 16.5. The fourth-order valence-corrected chi connectivity index (χ4v) is 2.73. The van der Waals surface area contributed by atoms with Crippen molar-refractivity contribution in [1.82, 2.24) is 24.6 Å². The summed E-state index contributed by atoms with van der Waals surface area (Å²) in [6.07, 6.45) is -0.752. The number of hydrogen-bond acceptors (Lipinski definition) is 6. The first-order chi connectivity index (χ1) is 14.9. The van der Waals surface area contributed by atoms with Crippen LogP contribution in [0.5, 0.6) is 0 Å². The minimum Gasteiger partial charge on any atom is -0.392 e. The highest BCUT2D eigenvalue weighted by Gasteiger charge is 2.32. The van der Waals surface area contributed by atoms with E-state index in [4.69, 9.17) is 0 Å². The summed E-state index contributed by atoms with van der Waals surface area (Å²) in [6.45, 7) is 3.66. The molecule has 162 valence electrons. The van der Waals surface area contributed by atoms with Crippen LogP contribution >= 0.6 is 0 Å². The molecule has 0 aliphatic rings. The number of aliphatic hydroxyl groups excluding tert-OH is 1. The zero-order chi connectivity index (χ0) is 22.6. The number of alkyl halides is 3. The van der Waals surface area contributed by atoms with Gasteiger partial charge in [0.05, 0.1) is 18.5 Å². The zero-order valence-electron chi connectivity index (χ0n) is 16.5. The first kappa shape index (κ1) is 22.1. The van der Waals surface area contributed by atoms with E-state index < -0.39 is 17.7 Å². The van der Waals surface area contributed by atoms with Gasteiger partial charge in [0, 0.05) is 18.0 Å². The molecular weight excluding hydrogens is 416 g/mol. The van der Waals surface area contributed by atoms with Crippen LogP contribution in [0.15, 0.2) is 48.9 Å². The molecule has 0 radical (unpaired) electrons. The number of nitrogens with one attached hydrogen (secondary N) is 1. The van der Waals surface area contributed by atoms with Crippen molar-refractivity contribution in [2.45, 2.75) is 26.6 Å². The third kappa shape index (κ3) is 4.61. The number of anilines is 2. The average molecular weight is 434 g/mol. The van der Waals surface area contributed by atoms with E-state index in [-0.39, 0.29) is 29.6 Å². The molecule has 0 aromatic carbocycles. The summed E-state index contributed by atoms with van der Waals surface area (Å²) < 4.78 is 54.4. The molecule has 0 atom stereocenters. The number of rotatable bonds is 4. The van der Waals surface area contributed by atoms with Gasteiger partial charge in [-0.2, -0.15) is 13.2 Å². The number of fused-ring (bicyclic) bond motifs is 1. The highest BCUT2D eigenvalue weighted by Crippen LogP contribution is 2.30. The Labute approximate surface area is 174 Å². The van der Waals surface area contributed by atoms with Crippen LogP contribution in [0.4, 0.5) is 29.1 Å². The van der Waals surface area contributed by atoms with Crippen molar-refractivity contribution in [2.24, 2.45) is 0 Å². The largest absolute Gasteiger partial charge is 0.433 e. The molecule has 4 aromatic heterocycles. The van der Waals surface area contributed by atoms with Gasteiger partial charge in [0.25, 0.3) is 0 Å². The Kier molecular flexibility index (Phi) is 6.44. The third-order valence-electron chi connectivity index (χ3n) is 4.06. The number of aromatic nitrogens is 5. The molecule has 7 nitrogen and oxygen atoms in total. The number of halogens is 4. The minimum absolute atomic E-state index is 0.0497. The van der Waals surface area contributed by atoms with Crippen molar-refractivity contribution in [3.63, 3.8) is 0 Å². The third-order valence-corrected chi connectivity index (χ3v) is 4.06. The standard InChI is InChI=1S/C18H12F4N6O.C2H6/c19-11-8-23-6-4-12(11)25-17-15-10(9-29)5-7-28(15)27-16(26-17)13-2-1-3-14(24-13)18(20,21)22;1-2/h1-8,29H,9H2,(H,23,25,26,27);1-2H3. The lowest BCUT2D eigenvalue weighted by Gasteiger charge is -2.12. The summed E-state index contributed by atoms with van der Waals surface area (Å²) in [4.78, 5) is 11.5. The number of aliphatic hydroxyl groups is 1. The van der Waals surface area contributed by atoms with Crippen LogP contribution in [0.1, 0.15) is 25.1 Å². The maximum absolute atomic E-state index is 14.0. The molecule has 4 aromatic rings. The number of hydrogen-bond donors (Lipinski definition) is 2. The zero-order valence-corrected chi connectivity index (χ0v) is 16.5. The fraction of sp³-hybridized carbons (Fsp3) is 0.200. The molecule has 0 fully saturated rings. The fourth-order valence-electron chi connectivity index (χ4n) is 2.73. The average Bonchev–Trinajstić information content (AvgIpc) is 3.20. The Hall–Kier alpha value is -3.60. The molecule has 0 aliphatic heterocycles. The second-order valence-electron chi connectivity index (χ2n) is 5.96. The normalized spacial score (nSPS) is 11.2. The Balaban J connectivity index is 0.00000132. The van der Waals surface area contributed by atoms with Crippen LogP contribution in [-0.2, 0) is 12.8 Å². The Bertz CT molecular complexity index is 1190. The van der Waals surface area contributed by atoms with Gasteiger partial charge in [-0.05, 0) is 24.3 Å². The SMILES string of the molecule is CC.OCc1ccn2nc(-c3cccc(C(F)(F)F)n3)nc(Nc3ccncc3F)c12. The van der Waals surface area contributed by atoms with E-state index >= 15 is 0 Å². The monoisotopic (exact) mass is 434 g/mol. The molecule has 0 bridgehead atoms. The van der Waals surface area contributed by atoms with Crippen LogP contribution in [0.25, 0.3) is 17.0 Å². The Morgan fingerprint density at radius 1 is 1.10 bits per heavy atom. The molecule has 0 amide bonds. The molecule has 2 N–H and O–H groups in total. The summed E-state index contributed by atoms with van der Waals surface area (Å²) in [5.74, 6) is -0.672. The number of pyridine rings is 2. The molecule has 0 aliphatic carbocycles. The lowest BCUT2D eigenvalue weighted by molar-refractivity contribution is -0.141. The molecule has 4 heterocycles. The summed E-state index contributed by atoms with van der Waals surface area (Å²) >= 11 is 0. The molecule has 4 rings (SSSR count). The Morgan fingerprint density at radius 2 is 1.87 bits per heavy atom. The van der Waals surface area contributed by atoms with E-state index in [1.807, 2.05) is 13.8 Å². The van der Waals surface area contributed by atoms with Gasteiger partial charge in [-0.15, -0.1) is 5.10 Å². The number of nitrogens with zero attached hydrogens (tertiary/aromatic N) is 5. The van der Waals surface area contributed by atoms with E-state index in [9.17, 15) is 22.7 Å². The van der Waals surface area contributed by atoms with Gasteiger partial charge in [0.2, 0.25) is 5.82 Å². The molecule has 11 heteroatoms.